The zero-order chi connectivity index (χ0) is 67.4. The SMILES string of the molecule is CCCCCCCCCCCCC/C=C/[C@@H](O)[C@H](CO[C@@H]1OC(CO)[C@@H](O[C@@H]2OC(CO)[C@H](O[C@@H]3OC(CO)[C@H](O)[C@H](O[C@@H]4OC(CO)[C@H](O)[C@H](O)C4O)C3C)[C@H](OC3C[C@@H](O)[C@@H](C)C([C@H](O)[C@H](O)CO)O3)C2O)[C@H](O)C1O)NC(=O)CCCCCCCCCCC. The first kappa shape index (κ1) is 80.8. The summed E-state index contributed by atoms with van der Waals surface area (Å²) >= 11 is 0. The summed E-state index contributed by atoms with van der Waals surface area (Å²) in [6, 6.07) is -1.05. The fraction of sp³-hybridized carbons (Fsp3) is 0.953. The Bertz CT molecular complexity index is 1990. The fourth-order valence-corrected chi connectivity index (χ4v) is 12.6. The highest BCUT2D eigenvalue weighted by Crippen LogP contribution is 2.39. The summed E-state index contributed by atoms with van der Waals surface area (Å²) in [6.45, 7) is 2.47. The Morgan fingerprint density at radius 2 is 0.967 bits per heavy atom. The maximum Gasteiger partial charge on any atom is 0.220 e. The van der Waals surface area contributed by atoms with Crippen molar-refractivity contribution in [2.24, 2.45) is 11.8 Å². The highest BCUT2D eigenvalue weighted by Gasteiger charge is 2.57. The van der Waals surface area contributed by atoms with E-state index in [1.54, 1.807) is 6.08 Å². The Balaban J connectivity index is 1.32. The summed E-state index contributed by atoms with van der Waals surface area (Å²) < 4.78 is 60.6. The number of carbonyl (C=O) groups excluding carboxylic acids is 1. The summed E-state index contributed by atoms with van der Waals surface area (Å²) in [5.74, 6) is -2.36. The van der Waals surface area contributed by atoms with Crippen LogP contribution in [0, 0.1) is 11.8 Å². The number of aliphatic hydroxyl groups excluding tert-OH is 16. The van der Waals surface area contributed by atoms with Crippen LogP contribution in [0.1, 0.15) is 175 Å². The van der Waals surface area contributed by atoms with Crippen molar-refractivity contribution in [1.29, 1.82) is 0 Å². The Kier molecular flexibility index (Phi) is 37.7. The Morgan fingerprint density at radius 3 is 1.54 bits per heavy atom. The smallest absolute Gasteiger partial charge is 0.220 e. The van der Waals surface area contributed by atoms with Crippen LogP contribution < -0.4 is 5.32 Å². The molecule has 28 atom stereocenters. The van der Waals surface area contributed by atoms with Gasteiger partial charge in [0.1, 0.15) is 97.7 Å². The maximum absolute atomic E-state index is 13.4. The lowest BCUT2D eigenvalue weighted by molar-refractivity contribution is -0.396. The number of hydrogen-bond acceptors (Lipinski definition) is 27. The Morgan fingerprint density at radius 1 is 0.489 bits per heavy atom. The van der Waals surface area contributed by atoms with E-state index in [1.165, 1.54) is 90.9 Å². The van der Waals surface area contributed by atoms with Gasteiger partial charge in [-0.3, -0.25) is 4.79 Å². The number of allylic oxidation sites excluding steroid dienone is 1. The third-order valence-electron chi connectivity index (χ3n) is 18.6. The van der Waals surface area contributed by atoms with Crippen molar-refractivity contribution < 1.29 is 134 Å². The molecule has 0 aromatic heterocycles. The van der Waals surface area contributed by atoms with Crippen molar-refractivity contribution >= 4 is 5.91 Å². The van der Waals surface area contributed by atoms with Gasteiger partial charge < -0.3 is 134 Å². The van der Waals surface area contributed by atoms with Crippen molar-refractivity contribution in [3.05, 3.63) is 12.2 Å². The third kappa shape index (κ3) is 24.0. The molecular weight excluding hydrogens is 1210 g/mol. The Hall–Kier alpha value is -1.83. The van der Waals surface area contributed by atoms with Gasteiger partial charge in [0, 0.05) is 24.7 Å². The van der Waals surface area contributed by atoms with Gasteiger partial charge in [-0.2, -0.15) is 0 Å². The van der Waals surface area contributed by atoms with Crippen molar-refractivity contribution in [2.75, 3.05) is 39.6 Å². The minimum atomic E-state index is -2.10. The Labute approximate surface area is 542 Å². The molecule has 17 N–H and O–H groups in total. The van der Waals surface area contributed by atoms with E-state index in [1.807, 2.05) is 6.08 Å². The van der Waals surface area contributed by atoms with Crippen LogP contribution in [-0.4, -0.2) is 287 Å². The number of amides is 1. The van der Waals surface area contributed by atoms with E-state index < -0.39 is 211 Å². The lowest BCUT2D eigenvalue weighted by Gasteiger charge is -2.51. The average molecular weight is 1330 g/mol. The lowest BCUT2D eigenvalue weighted by Crippen LogP contribution is -2.67. The van der Waals surface area contributed by atoms with Crippen LogP contribution in [0.2, 0.25) is 0 Å². The summed E-state index contributed by atoms with van der Waals surface area (Å²) in [5.41, 5.74) is 0. The van der Waals surface area contributed by atoms with Crippen molar-refractivity contribution in [1.82, 2.24) is 5.32 Å². The highest BCUT2D eigenvalue weighted by molar-refractivity contribution is 5.76. The second kappa shape index (κ2) is 42.9. The molecule has 92 heavy (non-hydrogen) atoms. The van der Waals surface area contributed by atoms with Crippen molar-refractivity contribution in [3.8, 4) is 0 Å². The van der Waals surface area contributed by atoms with Crippen LogP contribution >= 0.6 is 0 Å². The first-order valence-electron chi connectivity index (χ1n) is 34.2. The number of rotatable bonds is 43. The summed E-state index contributed by atoms with van der Waals surface area (Å²) in [7, 11) is 0. The molecule has 0 radical (unpaired) electrons. The van der Waals surface area contributed by atoms with Gasteiger partial charge in [0.15, 0.2) is 31.5 Å². The van der Waals surface area contributed by atoms with Crippen LogP contribution in [0.25, 0.3) is 0 Å². The van der Waals surface area contributed by atoms with E-state index in [0.717, 1.165) is 44.9 Å². The van der Waals surface area contributed by atoms with E-state index in [9.17, 15) is 86.5 Å². The molecule has 0 aliphatic carbocycles. The molecule has 0 aromatic carbocycles. The van der Waals surface area contributed by atoms with E-state index in [2.05, 4.69) is 19.2 Å². The van der Waals surface area contributed by atoms with Gasteiger partial charge in [0.25, 0.3) is 0 Å². The number of hydrogen-bond donors (Lipinski definition) is 17. The van der Waals surface area contributed by atoms with Gasteiger partial charge in [-0.15, -0.1) is 0 Å². The van der Waals surface area contributed by atoms with Crippen LogP contribution in [0.5, 0.6) is 0 Å². The predicted octanol–water partition coefficient (Wildman–Crippen LogP) is -0.575. The van der Waals surface area contributed by atoms with Crippen LogP contribution in [0.4, 0.5) is 0 Å². The molecule has 0 aromatic rings. The molecule has 540 valence electrons. The maximum atomic E-state index is 13.4. The highest BCUT2D eigenvalue weighted by atomic mass is 16.8. The van der Waals surface area contributed by atoms with Crippen molar-refractivity contribution in [3.63, 3.8) is 0 Å². The monoisotopic (exact) mass is 1330 g/mol. The number of nitrogens with one attached hydrogen (secondary N) is 1. The number of unbranched alkanes of at least 4 members (excludes halogenated alkanes) is 19. The molecule has 5 aliphatic heterocycles. The third-order valence-corrected chi connectivity index (χ3v) is 18.6. The zero-order valence-corrected chi connectivity index (χ0v) is 54.5. The van der Waals surface area contributed by atoms with Gasteiger partial charge in [-0.1, -0.05) is 155 Å². The number of aliphatic hydroxyl groups is 16. The minimum Gasteiger partial charge on any atom is -0.394 e. The molecule has 0 bridgehead atoms. The molecule has 28 heteroatoms. The molecule has 0 spiro atoms. The first-order chi connectivity index (χ1) is 44.2. The largest absolute Gasteiger partial charge is 0.394 e. The second-order valence-electron chi connectivity index (χ2n) is 25.9. The van der Waals surface area contributed by atoms with Gasteiger partial charge in [0.2, 0.25) is 5.91 Å². The van der Waals surface area contributed by atoms with Gasteiger partial charge in [-0.05, 0) is 19.3 Å². The molecule has 5 aliphatic rings. The molecule has 5 rings (SSSR count). The topological polar surface area (TPSA) is 445 Å². The predicted molar refractivity (Wildman–Crippen MR) is 327 cm³/mol. The normalized spacial score (nSPS) is 37.7. The minimum absolute atomic E-state index is 0.193. The molecule has 5 saturated heterocycles. The van der Waals surface area contributed by atoms with E-state index in [4.69, 9.17) is 47.4 Å². The van der Waals surface area contributed by atoms with Crippen LogP contribution in [-0.2, 0) is 52.2 Å². The molecular formula is C64H117NO27. The first-order valence-corrected chi connectivity index (χ1v) is 34.2. The fourth-order valence-electron chi connectivity index (χ4n) is 12.6. The van der Waals surface area contributed by atoms with Crippen LogP contribution in [0.3, 0.4) is 0 Å². The van der Waals surface area contributed by atoms with Crippen molar-refractivity contribution in [2.45, 2.75) is 335 Å². The second-order valence-corrected chi connectivity index (χ2v) is 25.9. The standard InChI is InChI=1S/C64H117NO27/c1-5-7-9-11-13-15-16-17-18-20-21-23-25-27-39(71)38(65-46(74)28-26-24-22-19-14-12-10-8-6-2)35-83-62-54(81)52(79)58(44(33-69)86-62)91-64-55(82)60(89-47-29-40(72)36(3)56(88-47)48(75)41(73)30-66)59(45(34-70)87-64)92-61-37(4)57(50(77)43(32-68)84-61)90-63-53(80)51(78)49(76)42(31-67)85-63/h25,27,36-45,47-64,66-73,75-82H,5-24,26,28-35H2,1-4H3,(H,65,74)/b27-25+/t36-,37?,38+,39-,40-,41-,42?,43?,44?,45?,47?,48-,49+,50+,51+,52-,53?,54?,55?,56?,57-,58-,59+,60-,61+,62-,63+,64+/m1/s1. The molecule has 28 nitrogen and oxygen atoms in total. The zero-order valence-electron chi connectivity index (χ0n) is 54.5. The van der Waals surface area contributed by atoms with Crippen LogP contribution in [0.15, 0.2) is 12.2 Å². The summed E-state index contributed by atoms with van der Waals surface area (Å²) in [5, 5.41) is 178. The van der Waals surface area contributed by atoms with Gasteiger partial charge in [-0.25, -0.2) is 0 Å². The van der Waals surface area contributed by atoms with E-state index >= 15 is 0 Å². The van der Waals surface area contributed by atoms with Gasteiger partial charge in [0.05, 0.1) is 70.1 Å². The summed E-state index contributed by atoms with van der Waals surface area (Å²) in [6.07, 6.45) is -15.9. The molecule has 5 heterocycles. The lowest BCUT2D eigenvalue weighted by atomic mass is 9.87. The van der Waals surface area contributed by atoms with E-state index in [-0.39, 0.29) is 18.7 Å². The average Bonchev–Trinajstić information content (AvgIpc) is 0.822. The van der Waals surface area contributed by atoms with E-state index in [0.29, 0.717) is 12.8 Å². The molecule has 5 fully saturated rings. The quantitative estimate of drug-likeness (QED) is 0.0268. The summed E-state index contributed by atoms with van der Waals surface area (Å²) in [4.78, 5) is 13.4. The number of carbonyl (C=O) groups is 1. The molecule has 10 unspecified atom stereocenters. The van der Waals surface area contributed by atoms with Gasteiger partial charge >= 0.3 is 0 Å². The molecule has 0 saturated carbocycles. The molecule has 1 amide bonds. The number of ether oxygens (including phenoxy) is 10.